The summed E-state index contributed by atoms with van der Waals surface area (Å²) < 4.78 is 26.7. The molecule has 2 aromatic carbocycles. The Morgan fingerprint density at radius 1 is 1.03 bits per heavy atom. The average Bonchev–Trinajstić information content (AvgIpc) is 2.71. The number of anilines is 1. The van der Waals surface area contributed by atoms with E-state index in [4.69, 9.17) is 0 Å². The van der Waals surface area contributed by atoms with Crippen molar-refractivity contribution in [1.82, 2.24) is 10.2 Å². The minimum Gasteiger partial charge on any atom is -0.350 e. The number of benzene rings is 2. The highest BCUT2D eigenvalue weighted by Crippen LogP contribution is 2.27. The summed E-state index contributed by atoms with van der Waals surface area (Å²) in [6.45, 7) is 7.12. The number of hydrogen-bond donors (Lipinski definition) is 1. The number of amides is 2. The van der Waals surface area contributed by atoms with E-state index in [2.05, 4.69) is 21.2 Å². The van der Waals surface area contributed by atoms with E-state index in [-0.39, 0.29) is 12.5 Å². The van der Waals surface area contributed by atoms with Crippen LogP contribution in [0.5, 0.6) is 0 Å². The molecule has 1 N–H and O–H groups in total. The lowest BCUT2D eigenvalue weighted by Crippen LogP contribution is -2.55. The molecule has 2 amide bonds. The summed E-state index contributed by atoms with van der Waals surface area (Å²) in [6.07, 6.45) is 1.59. The van der Waals surface area contributed by atoms with Gasteiger partial charge < -0.3 is 10.2 Å². The van der Waals surface area contributed by atoms with E-state index in [1.54, 1.807) is 31.2 Å². The zero-order valence-electron chi connectivity index (χ0n) is 19.7. The molecule has 2 rings (SSSR count). The first-order chi connectivity index (χ1) is 15.3. The third-order valence-electron chi connectivity index (χ3n) is 4.95. The highest BCUT2D eigenvalue weighted by molar-refractivity contribution is 9.10. The first-order valence-electron chi connectivity index (χ1n) is 10.7. The quantitative estimate of drug-likeness (QED) is 0.529. The van der Waals surface area contributed by atoms with E-state index in [0.29, 0.717) is 16.6 Å². The lowest BCUT2D eigenvalue weighted by molar-refractivity contribution is -0.139. The van der Waals surface area contributed by atoms with Gasteiger partial charge in [0.2, 0.25) is 21.8 Å². The standard InChI is InChI=1S/C24H32BrN3O4S/c1-18(23(30)26-24(2,3)4)27(16-15-19-11-7-6-8-12-19)22(29)17-28(33(5,31)32)21-14-10-9-13-20(21)25/h6-14,18H,15-17H2,1-5H3,(H,26,30)/t18-/m1/s1. The zero-order valence-corrected chi connectivity index (χ0v) is 22.1. The average molecular weight is 539 g/mol. The first kappa shape index (κ1) is 26.9. The van der Waals surface area contributed by atoms with Gasteiger partial charge in [-0.3, -0.25) is 13.9 Å². The van der Waals surface area contributed by atoms with Crippen LogP contribution in [0, 0.1) is 0 Å². The van der Waals surface area contributed by atoms with Crippen LogP contribution in [0.2, 0.25) is 0 Å². The van der Waals surface area contributed by atoms with Crippen LogP contribution >= 0.6 is 15.9 Å². The maximum atomic E-state index is 13.4. The fourth-order valence-electron chi connectivity index (χ4n) is 3.29. The molecule has 0 bridgehead atoms. The molecule has 0 aliphatic rings. The van der Waals surface area contributed by atoms with Gasteiger partial charge in [-0.15, -0.1) is 0 Å². The van der Waals surface area contributed by atoms with Crippen LogP contribution in [0.25, 0.3) is 0 Å². The third-order valence-corrected chi connectivity index (χ3v) is 6.75. The van der Waals surface area contributed by atoms with Crippen molar-refractivity contribution in [3.05, 3.63) is 64.6 Å². The van der Waals surface area contributed by atoms with Gasteiger partial charge in [-0.05, 0) is 67.7 Å². The van der Waals surface area contributed by atoms with Crippen molar-refractivity contribution >= 4 is 43.5 Å². The Kier molecular flexibility index (Phi) is 9.08. The van der Waals surface area contributed by atoms with Crippen LogP contribution in [-0.2, 0) is 26.0 Å². The predicted octanol–water partition coefficient (Wildman–Crippen LogP) is 3.59. The van der Waals surface area contributed by atoms with E-state index in [1.165, 1.54) is 4.90 Å². The van der Waals surface area contributed by atoms with Gasteiger partial charge >= 0.3 is 0 Å². The van der Waals surface area contributed by atoms with Crippen LogP contribution in [0.1, 0.15) is 33.3 Å². The molecule has 0 radical (unpaired) electrons. The molecule has 0 aliphatic carbocycles. The minimum atomic E-state index is -3.76. The number of nitrogens with zero attached hydrogens (tertiary/aromatic N) is 2. The number of carbonyl (C=O) groups is 2. The summed E-state index contributed by atoms with van der Waals surface area (Å²) in [5.41, 5.74) is 0.917. The molecule has 0 heterocycles. The van der Waals surface area contributed by atoms with Crippen molar-refractivity contribution in [2.45, 2.75) is 45.7 Å². The summed E-state index contributed by atoms with van der Waals surface area (Å²) in [5.74, 6) is -0.751. The van der Waals surface area contributed by atoms with Crippen molar-refractivity contribution in [1.29, 1.82) is 0 Å². The van der Waals surface area contributed by atoms with Gasteiger partial charge in [0, 0.05) is 16.6 Å². The smallest absolute Gasteiger partial charge is 0.244 e. The summed E-state index contributed by atoms with van der Waals surface area (Å²) in [6, 6.07) is 15.7. The SMILES string of the molecule is C[C@H](C(=O)NC(C)(C)C)N(CCc1ccccc1)C(=O)CN(c1ccccc1Br)S(C)(=O)=O. The molecular weight excluding hydrogens is 506 g/mol. The Hall–Kier alpha value is -2.39. The molecule has 0 aromatic heterocycles. The largest absolute Gasteiger partial charge is 0.350 e. The molecule has 2 aromatic rings. The Morgan fingerprint density at radius 2 is 1.61 bits per heavy atom. The number of hydrogen-bond acceptors (Lipinski definition) is 4. The number of sulfonamides is 1. The predicted molar refractivity (Wildman–Crippen MR) is 136 cm³/mol. The molecule has 0 spiro atoms. The molecule has 1 atom stereocenters. The van der Waals surface area contributed by atoms with Gasteiger partial charge in [-0.25, -0.2) is 8.42 Å². The van der Waals surface area contributed by atoms with Gasteiger partial charge in [0.1, 0.15) is 12.6 Å². The van der Waals surface area contributed by atoms with E-state index < -0.39 is 34.1 Å². The van der Waals surface area contributed by atoms with Crippen molar-refractivity contribution in [2.24, 2.45) is 0 Å². The Bertz CT molecular complexity index is 1070. The maximum absolute atomic E-state index is 13.4. The molecule has 0 aliphatic heterocycles. The van der Waals surface area contributed by atoms with E-state index >= 15 is 0 Å². The zero-order chi connectivity index (χ0) is 24.8. The maximum Gasteiger partial charge on any atom is 0.244 e. The lowest BCUT2D eigenvalue weighted by atomic mass is 10.1. The molecule has 33 heavy (non-hydrogen) atoms. The number of halogens is 1. The second-order valence-corrected chi connectivity index (χ2v) is 11.7. The summed E-state index contributed by atoms with van der Waals surface area (Å²) >= 11 is 3.37. The normalized spacial score (nSPS) is 12.7. The third kappa shape index (κ3) is 8.16. The fourth-order valence-corrected chi connectivity index (χ4v) is 4.77. The van der Waals surface area contributed by atoms with Crippen LogP contribution in [0.15, 0.2) is 59.1 Å². The minimum absolute atomic E-state index is 0.273. The number of rotatable bonds is 9. The topological polar surface area (TPSA) is 86.8 Å². The number of para-hydroxylation sites is 1. The van der Waals surface area contributed by atoms with Crippen molar-refractivity contribution < 1.29 is 18.0 Å². The van der Waals surface area contributed by atoms with Crippen LogP contribution in [0.3, 0.4) is 0 Å². The van der Waals surface area contributed by atoms with Gasteiger partial charge in [0.05, 0.1) is 11.9 Å². The van der Waals surface area contributed by atoms with E-state index in [9.17, 15) is 18.0 Å². The molecule has 9 heteroatoms. The van der Waals surface area contributed by atoms with Crippen LogP contribution in [-0.4, -0.2) is 56.1 Å². The van der Waals surface area contributed by atoms with E-state index in [1.807, 2.05) is 51.1 Å². The van der Waals surface area contributed by atoms with E-state index in [0.717, 1.165) is 16.1 Å². The van der Waals surface area contributed by atoms with Gasteiger partial charge in [-0.1, -0.05) is 42.5 Å². The molecular formula is C24H32BrN3O4S. The molecule has 0 fully saturated rings. The second kappa shape index (κ2) is 11.2. The molecule has 180 valence electrons. The Labute approximate surface area is 205 Å². The van der Waals surface area contributed by atoms with Crippen molar-refractivity contribution in [2.75, 3.05) is 23.7 Å². The van der Waals surface area contributed by atoms with Crippen molar-refractivity contribution in [3.63, 3.8) is 0 Å². The molecule has 7 nitrogen and oxygen atoms in total. The van der Waals surface area contributed by atoms with Gasteiger partial charge in [-0.2, -0.15) is 0 Å². The lowest BCUT2D eigenvalue weighted by Gasteiger charge is -2.33. The molecule has 0 unspecified atom stereocenters. The highest BCUT2D eigenvalue weighted by atomic mass is 79.9. The number of nitrogens with one attached hydrogen (secondary N) is 1. The number of carbonyl (C=O) groups excluding carboxylic acids is 2. The second-order valence-electron chi connectivity index (χ2n) is 8.96. The summed E-state index contributed by atoms with van der Waals surface area (Å²) in [7, 11) is -3.76. The van der Waals surface area contributed by atoms with Gasteiger partial charge in [0.15, 0.2) is 0 Å². The van der Waals surface area contributed by atoms with Gasteiger partial charge in [0.25, 0.3) is 0 Å². The Balaban J connectivity index is 2.33. The monoisotopic (exact) mass is 537 g/mol. The summed E-state index contributed by atoms with van der Waals surface area (Å²) in [5, 5.41) is 2.90. The van der Waals surface area contributed by atoms with Crippen molar-refractivity contribution in [3.8, 4) is 0 Å². The highest BCUT2D eigenvalue weighted by Gasteiger charge is 2.31. The Morgan fingerprint density at radius 3 is 2.15 bits per heavy atom. The fraction of sp³-hybridized carbons (Fsp3) is 0.417. The molecule has 0 saturated heterocycles. The summed E-state index contributed by atoms with van der Waals surface area (Å²) in [4.78, 5) is 27.8. The van der Waals surface area contributed by atoms with Crippen LogP contribution in [0.4, 0.5) is 5.69 Å². The van der Waals surface area contributed by atoms with Crippen LogP contribution < -0.4 is 9.62 Å². The molecule has 0 saturated carbocycles. The first-order valence-corrected chi connectivity index (χ1v) is 13.3.